The Labute approximate surface area is 158 Å². The number of anilines is 1. The molecule has 1 saturated heterocycles. The summed E-state index contributed by atoms with van der Waals surface area (Å²) >= 11 is 0. The monoisotopic (exact) mass is 366 g/mol. The standard InChI is InChI=1S/C22H23FN2O2/c1-2-14-3-7-18(8-4-14)25-13-16(12-21(25)26)22(27)24-20-10-5-15-11-17(23)6-9-19(15)20/h3-4,6-9,11,16,20H,2,5,10,12-13H2,1H3,(H,24,27). The molecule has 1 aliphatic carbocycles. The summed E-state index contributed by atoms with van der Waals surface area (Å²) in [5.74, 6) is -0.716. The first-order valence-corrected chi connectivity index (χ1v) is 9.53. The maximum Gasteiger partial charge on any atom is 0.227 e. The third kappa shape index (κ3) is 3.46. The zero-order valence-corrected chi connectivity index (χ0v) is 15.4. The van der Waals surface area contributed by atoms with Crippen LogP contribution in [-0.4, -0.2) is 18.4 Å². The SMILES string of the molecule is CCc1ccc(N2CC(C(=O)NC3CCc4cc(F)ccc43)CC2=O)cc1. The number of carbonyl (C=O) groups is 2. The van der Waals surface area contributed by atoms with Crippen molar-refractivity contribution in [3.05, 3.63) is 65.0 Å². The minimum atomic E-state index is -0.354. The van der Waals surface area contributed by atoms with E-state index in [2.05, 4.69) is 12.2 Å². The number of carbonyl (C=O) groups excluding carboxylic acids is 2. The van der Waals surface area contributed by atoms with E-state index in [9.17, 15) is 14.0 Å². The lowest BCUT2D eigenvalue weighted by molar-refractivity contribution is -0.127. The summed E-state index contributed by atoms with van der Waals surface area (Å²) in [4.78, 5) is 26.9. The van der Waals surface area contributed by atoms with Crippen molar-refractivity contribution < 1.29 is 14.0 Å². The Morgan fingerprint density at radius 1 is 1.22 bits per heavy atom. The van der Waals surface area contributed by atoms with Crippen LogP contribution in [0.3, 0.4) is 0 Å². The molecule has 1 N–H and O–H groups in total. The second-order valence-electron chi connectivity index (χ2n) is 7.37. The van der Waals surface area contributed by atoms with Gasteiger partial charge >= 0.3 is 0 Å². The molecular formula is C22H23FN2O2. The molecule has 1 fully saturated rings. The number of hydrogen-bond acceptors (Lipinski definition) is 2. The van der Waals surface area contributed by atoms with Crippen molar-refractivity contribution in [1.82, 2.24) is 5.32 Å². The molecule has 5 heteroatoms. The summed E-state index contributed by atoms with van der Waals surface area (Å²) in [6.45, 7) is 2.49. The number of amides is 2. The summed E-state index contributed by atoms with van der Waals surface area (Å²) in [6, 6.07) is 12.6. The number of nitrogens with zero attached hydrogens (tertiary/aromatic N) is 1. The number of aryl methyl sites for hydroxylation is 2. The van der Waals surface area contributed by atoms with Gasteiger partial charge in [0.05, 0.1) is 12.0 Å². The summed E-state index contributed by atoms with van der Waals surface area (Å²) in [7, 11) is 0. The van der Waals surface area contributed by atoms with Crippen molar-refractivity contribution in [1.29, 1.82) is 0 Å². The first-order chi connectivity index (χ1) is 13.0. The third-order valence-corrected chi connectivity index (χ3v) is 5.65. The number of rotatable bonds is 4. The van der Waals surface area contributed by atoms with Gasteiger partial charge in [-0.25, -0.2) is 4.39 Å². The predicted octanol–water partition coefficient (Wildman–Crippen LogP) is 3.54. The van der Waals surface area contributed by atoms with Crippen LogP contribution in [0.25, 0.3) is 0 Å². The highest BCUT2D eigenvalue weighted by molar-refractivity contribution is 6.00. The van der Waals surface area contributed by atoms with Gasteiger partial charge in [0, 0.05) is 18.7 Å². The van der Waals surface area contributed by atoms with Gasteiger partial charge in [-0.05, 0) is 60.2 Å². The first kappa shape index (κ1) is 17.7. The van der Waals surface area contributed by atoms with Crippen LogP contribution in [0.1, 0.15) is 42.5 Å². The van der Waals surface area contributed by atoms with Crippen molar-refractivity contribution in [3.63, 3.8) is 0 Å². The van der Waals surface area contributed by atoms with Crippen LogP contribution < -0.4 is 10.2 Å². The predicted molar refractivity (Wildman–Crippen MR) is 102 cm³/mol. The average molecular weight is 366 g/mol. The molecule has 0 saturated carbocycles. The van der Waals surface area contributed by atoms with Gasteiger partial charge < -0.3 is 10.2 Å². The molecule has 4 rings (SSSR count). The Hall–Kier alpha value is -2.69. The molecule has 2 aromatic carbocycles. The normalized spacial score (nSPS) is 21.4. The molecule has 140 valence electrons. The van der Waals surface area contributed by atoms with Crippen LogP contribution in [0.5, 0.6) is 0 Å². The van der Waals surface area contributed by atoms with Crippen molar-refractivity contribution in [3.8, 4) is 0 Å². The molecule has 2 amide bonds. The van der Waals surface area contributed by atoms with E-state index < -0.39 is 0 Å². The second kappa shape index (κ2) is 7.14. The van der Waals surface area contributed by atoms with Crippen molar-refractivity contribution >= 4 is 17.5 Å². The van der Waals surface area contributed by atoms with E-state index in [1.807, 2.05) is 24.3 Å². The third-order valence-electron chi connectivity index (χ3n) is 5.65. The fourth-order valence-electron chi connectivity index (χ4n) is 4.07. The van der Waals surface area contributed by atoms with Crippen LogP contribution in [0.4, 0.5) is 10.1 Å². The zero-order chi connectivity index (χ0) is 19.0. The molecule has 0 spiro atoms. The van der Waals surface area contributed by atoms with Crippen molar-refractivity contribution in [2.24, 2.45) is 5.92 Å². The number of nitrogens with one attached hydrogen (secondary N) is 1. The highest BCUT2D eigenvalue weighted by Crippen LogP contribution is 2.32. The number of hydrogen-bond donors (Lipinski definition) is 1. The Balaban J connectivity index is 1.42. The lowest BCUT2D eigenvalue weighted by Gasteiger charge is -2.19. The molecule has 2 unspecified atom stereocenters. The Bertz CT molecular complexity index is 878. The van der Waals surface area contributed by atoms with E-state index in [0.29, 0.717) is 6.54 Å². The molecule has 2 aliphatic rings. The zero-order valence-electron chi connectivity index (χ0n) is 15.4. The molecule has 2 atom stereocenters. The van der Waals surface area contributed by atoms with E-state index in [1.54, 1.807) is 17.0 Å². The minimum Gasteiger partial charge on any atom is -0.349 e. The molecule has 4 nitrogen and oxygen atoms in total. The summed E-state index contributed by atoms with van der Waals surface area (Å²) in [5, 5.41) is 3.07. The average Bonchev–Trinajstić information content (AvgIpc) is 3.25. The molecule has 27 heavy (non-hydrogen) atoms. The summed E-state index contributed by atoms with van der Waals surface area (Å²) in [6.07, 6.45) is 2.71. The largest absolute Gasteiger partial charge is 0.349 e. The van der Waals surface area contributed by atoms with Gasteiger partial charge in [-0.3, -0.25) is 9.59 Å². The van der Waals surface area contributed by atoms with Crippen LogP contribution >= 0.6 is 0 Å². The summed E-state index contributed by atoms with van der Waals surface area (Å²) < 4.78 is 13.4. The van der Waals surface area contributed by atoms with Crippen LogP contribution in [0.2, 0.25) is 0 Å². The fourth-order valence-corrected chi connectivity index (χ4v) is 4.07. The lowest BCUT2D eigenvalue weighted by atomic mass is 10.0. The quantitative estimate of drug-likeness (QED) is 0.900. The van der Waals surface area contributed by atoms with Gasteiger partial charge in [-0.15, -0.1) is 0 Å². The fraction of sp³-hybridized carbons (Fsp3) is 0.364. The highest BCUT2D eigenvalue weighted by atomic mass is 19.1. The maximum atomic E-state index is 13.4. The van der Waals surface area contributed by atoms with Crippen molar-refractivity contribution in [2.75, 3.05) is 11.4 Å². The Morgan fingerprint density at radius 2 is 2.00 bits per heavy atom. The molecule has 0 radical (unpaired) electrons. The number of fused-ring (bicyclic) bond motifs is 1. The molecule has 2 aromatic rings. The Kier molecular flexibility index (Phi) is 4.68. The van der Waals surface area contributed by atoms with Crippen molar-refractivity contribution in [2.45, 2.75) is 38.6 Å². The van der Waals surface area contributed by atoms with E-state index in [0.717, 1.165) is 36.1 Å². The molecule has 0 aromatic heterocycles. The first-order valence-electron chi connectivity index (χ1n) is 9.53. The van der Waals surface area contributed by atoms with Gasteiger partial charge in [0.25, 0.3) is 0 Å². The second-order valence-corrected chi connectivity index (χ2v) is 7.37. The van der Waals surface area contributed by atoms with Gasteiger partial charge in [0.1, 0.15) is 5.82 Å². The minimum absolute atomic E-state index is 0.0201. The van der Waals surface area contributed by atoms with Crippen LogP contribution in [-0.2, 0) is 22.4 Å². The van der Waals surface area contributed by atoms with Gasteiger partial charge in [-0.1, -0.05) is 25.1 Å². The van der Waals surface area contributed by atoms with Gasteiger partial charge in [0.15, 0.2) is 0 Å². The van der Waals surface area contributed by atoms with E-state index in [-0.39, 0.29) is 36.0 Å². The molecule has 1 aliphatic heterocycles. The van der Waals surface area contributed by atoms with E-state index in [4.69, 9.17) is 0 Å². The van der Waals surface area contributed by atoms with E-state index >= 15 is 0 Å². The van der Waals surface area contributed by atoms with E-state index in [1.165, 1.54) is 11.6 Å². The topological polar surface area (TPSA) is 49.4 Å². The smallest absolute Gasteiger partial charge is 0.227 e. The highest BCUT2D eigenvalue weighted by Gasteiger charge is 2.36. The van der Waals surface area contributed by atoms with Crippen LogP contribution in [0, 0.1) is 11.7 Å². The maximum absolute atomic E-state index is 13.4. The van der Waals surface area contributed by atoms with Crippen LogP contribution in [0.15, 0.2) is 42.5 Å². The number of halogens is 1. The summed E-state index contributed by atoms with van der Waals surface area (Å²) in [5.41, 5.74) is 4.01. The van der Waals surface area contributed by atoms with Gasteiger partial charge in [0.2, 0.25) is 11.8 Å². The van der Waals surface area contributed by atoms with Gasteiger partial charge in [-0.2, -0.15) is 0 Å². The number of benzene rings is 2. The molecular weight excluding hydrogens is 343 g/mol. The Morgan fingerprint density at radius 3 is 2.74 bits per heavy atom. The molecule has 0 bridgehead atoms. The molecule has 1 heterocycles. The lowest BCUT2D eigenvalue weighted by Crippen LogP contribution is -2.34.